The molecule has 0 aromatic heterocycles. The van der Waals surface area contributed by atoms with Crippen LogP contribution in [-0.2, 0) is 9.59 Å². The first-order valence-electron chi connectivity index (χ1n) is 5.21. The van der Waals surface area contributed by atoms with E-state index >= 15 is 0 Å². The highest BCUT2D eigenvalue weighted by Gasteiger charge is 2.35. The van der Waals surface area contributed by atoms with Crippen LogP contribution >= 0.6 is 12.2 Å². The van der Waals surface area contributed by atoms with E-state index in [-0.39, 0.29) is 23.2 Å². The van der Waals surface area contributed by atoms with Crippen LogP contribution in [0.3, 0.4) is 0 Å². The summed E-state index contributed by atoms with van der Waals surface area (Å²) in [4.78, 5) is 22.7. The van der Waals surface area contributed by atoms with E-state index in [4.69, 9.17) is 17.0 Å². The topological polar surface area (TPSA) is 70.1 Å². The van der Waals surface area contributed by atoms with Gasteiger partial charge in [0.05, 0.1) is 0 Å². The predicted octanol–water partition coefficient (Wildman–Crippen LogP) is 1.11. The molecular formula is C11H10N2O4S. The first-order valence-corrected chi connectivity index (χ1v) is 5.62. The van der Waals surface area contributed by atoms with Crippen LogP contribution in [-0.4, -0.2) is 32.4 Å². The fraction of sp³-hybridized carbons (Fsp3) is 0.182. The lowest BCUT2D eigenvalue weighted by atomic mass is 10.3. The minimum atomic E-state index is -0.512. The summed E-state index contributed by atoms with van der Waals surface area (Å²) >= 11 is 4.81. The summed E-state index contributed by atoms with van der Waals surface area (Å²) in [6, 6.07) is 8.51. The van der Waals surface area contributed by atoms with Crippen LogP contribution in [0.5, 0.6) is 5.75 Å². The maximum atomic E-state index is 11.4. The fourth-order valence-electron chi connectivity index (χ4n) is 1.49. The standard InChI is InChI=1S/C11H10N2O4S/c14-9-6-7-10(15)12(9)13(16)11(18)17-8-4-2-1-3-5-8/h1-5,16H,6-7H2. The van der Waals surface area contributed by atoms with Gasteiger partial charge in [0, 0.05) is 12.8 Å². The smallest absolute Gasteiger partial charge is 0.310 e. The monoisotopic (exact) mass is 266 g/mol. The summed E-state index contributed by atoms with van der Waals surface area (Å²) < 4.78 is 5.15. The Morgan fingerprint density at radius 2 is 1.78 bits per heavy atom. The molecule has 0 saturated carbocycles. The molecule has 6 nitrogen and oxygen atoms in total. The molecule has 0 unspecified atom stereocenters. The highest BCUT2D eigenvalue weighted by Crippen LogP contribution is 2.16. The number of hydroxylamine groups is 1. The average Bonchev–Trinajstić information content (AvgIpc) is 2.69. The van der Waals surface area contributed by atoms with Crippen molar-refractivity contribution in [1.82, 2.24) is 10.2 Å². The molecule has 94 valence electrons. The van der Waals surface area contributed by atoms with Gasteiger partial charge in [-0.15, -0.1) is 5.17 Å². The van der Waals surface area contributed by atoms with Gasteiger partial charge in [-0.3, -0.25) is 14.8 Å². The van der Waals surface area contributed by atoms with Crippen molar-refractivity contribution < 1.29 is 19.5 Å². The van der Waals surface area contributed by atoms with Crippen LogP contribution < -0.4 is 4.74 Å². The molecule has 0 aliphatic carbocycles. The number of rotatable bonds is 2. The SMILES string of the molecule is O=C1CCC(=O)N1N(O)C(=S)Oc1ccccc1. The van der Waals surface area contributed by atoms with Crippen LogP contribution in [0.2, 0.25) is 0 Å². The molecule has 1 aliphatic rings. The van der Waals surface area contributed by atoms with Crippen molar-refractivity contribution in [3.63, 3.8) is 0 Å². The first kappa shape index (κ1) is 12.5. The normalized spacial score (nSPS) is 14.8. The van der Waals surface area contributed by atoms with Crippen molar-refractivity contribution >= 4 is 29.2 Å². The lowest BCUT2D eigenvalue weighted by molar-refractivity contribution is -0.198. The number of hydrazine groups is 1. The number of thiocarbonyl (C=S) groups is 1. The minimum absolute atomic E-state index is 0.0594. The Morgan fingerprint density at radius 1 is 1.22 bits per heavy atom. The van der Waals surface area contributed by atoms with E-state index in [9.17, 15) is 14.8 Å². The number of amides is 2. The lowest BCUT2D eigenvalue weighted by Gasteiger charge is -2.24. The van der Waals surface area contributed by atoms with Gasteiger partial charge >= 0.3 is 5.17 Å². The molecule has 1 aromatic carbocycles. The van der Waals surface area contributed by atoms with Gasteiger partial charge < -0.3 is 4.74 Å². The van der Waals surface area contributed by atoms with Gasteiger partial charge in [0.2, 0.25) is 0 Å². The van der Waals surface area contributed by atoms with Gasteiger partial charge in [-0.05, 0) is 24.4 Å². The molecule has 2 rings (SSSR count). The summed E-state index contributed by atoms with van der Waals surface area (Å²) in [6.07, 6.45) is 0.119. The van der Waals surface area contributed by atoms with Crippen molar-refractivity contribution in [3.8, 4) is 5.75 Å². The van der Waals surface area contributed by atoms with E-state index in [0.717, 1.165) is 0 Å². The maximum absolute atomic E-state index is 11.4. The molecule has 1 N–H and O–H groups in total. The van der Waals surface area contributed by atoms with Crippen LogP contribution in [0.25, 0.3) is 0 Å². The predicted molar refractivity (Wildman–Crippen MR) is 64.4 cm³/mol. The number of hydrogen-bond donors (Lipinski definition) is 1. The molecule has 0 atom stereocenters. The Bertz CT molecular complexity index is 475. The van der Waals surface area contributed by atoms with Crippen molar-refractivity contribution in [1.29, 1.82) is 0 Å². The van der Waals surface area contributed by atoms with Gasteiger partial charge in [0.25, 0.3) is 11.8 Å². The Morgan fingerprint density at radius 3 is 2.33 bits per heavy atom. The summed E-state index contributed by atoms with van der Waals surface area (Å²) in [5, 5.41) is 10.1. The van der Waals surface area contributed by atoms with Gasteiger partial charge in [-0.2, -0.15) is 5.01 Å². The second kappa shape index (κ2) is 5.11. The van der Waals surface area contributed by atoms with Crippen LogP contribution in [0.15, 0.2) is 30.3 Å². The Balaban J connectivity index is 2.05. The van der Waals surface area contributed by atoms with Crippen molar-refractivity contribution in [2.24, 2.45) is 0 Å². The van der Waals surface area contributed by atoms with Crippen LogP contribution in [0.4, 0.5) is 0 Å². The number of imide groups is 1. The Labute approximate surface area is 108 Å². The molecule has 1 saturated heterocycles. The van der Waals surface area contributed by atoms with Gasteiger partial charge in [0.15, 0.2) is 0 Å². The van der Waals surface area contributed by atoms with Crippen LogP contribution in [0, 0.1) is 0 Å². The number of benzene rings is 1. The van der Waals surface area contributed by atoms with Gasteiger partial charge in [0.1, 0.15) is 5.75 Å². The zero-order valence-electron chi connectivity index (χ0n) is 9.28. The molecule has 1 aromatic rings. The number of nitrogens with zero attached hydrogens (tertiary/aromatic N) is 2. The zero-order valence-corrected chi connectivity index (χ0v) is 10.1. The third kappa shape index (κ3) is 2.47. The van der Waals surface area contributed by atoms with Crippen molar-refractivity contribution in [2.75, 3.05) is 0 Å². The summed E-state index contributed by atoms with van der Waals surface area (Å²) in [7, 11) is 0. The van der Waals surface area contributed by atoms with E-state index < -0.39 is 11.8 Å². The van der Waals surface area contributed by atoms with E-state index in [1.807, 2.05) is 0 Å². The highest BCUT2D eigenvalue weighted by atomic mass is 32.1. The summed E-state index contributed by atoms with van der Waals surface area (Å²) in [5.41, 5.74) is 0. The number of ether oxygens (including phenoxy) is 1. The molecule has 0 radical (unpaired) electrons. The molecule has 1 fully saturated rings. The molecule has 1 heterocycles. The average molecular weight is 266 g/mol. The summed E-state index contributed by atoms with van der Waals surface area (Å²) in [6.45, 7) is 0. The fourth-order valence-corrected chi connectivity index (χ4v) is 1.67. The lowest BCUT2D eigenvalue weighted by Crippen LogP contribution is -2.48. The Kier molecular flexibility index (Phi) is 3.54. The third-order valence-electron chi connectivity index (χ3n) is 2.33. The van der Waals surface area contributed by atoms with Crippen LogP contribution in [0.1, 0.15) is 12.8 Å². The van der Waals surface area contributed by atoms with E-state index in [0.29, 0.717) is 10.8 Å². The van der Waals surface area contributed by atoms with E-state index in [2.05, 4.69) is 0 Å². The number of carbonyl (C=O) groups excluding carboxylic acids is 2. The molecule has 0 bridgehead atoms. The number of hydrogen-bond acceptors (Lipinski definition) is 5. The maximum Gasteiger partial charge on any atom is 0.310 e. The Hall–Kier alpha value is -1.99. The van der Waals surface area contributed by atoms with Gasteiger partial charge in [-0.25, -0.2) is 0 Å². The second-order valence-corrected chi connectivity index (χ2v) is 3.92. The summed E-state index contributed by atoms with van der Waals surface area (Å²) in [5.74, 6) is -0.622. The van der Waals surface area contributed by atoms with E-state index in [1.165, 1.54) is 0 Å². The van der Waals surface area contributed by atoms with Gasteiger partial charge in [-0.1, -0.05) is 18.2 Å². The second-order valence-electron chi connectivity index (χ2n) is 3.57. The van der Waals surface area contributed by atoms with Crippen molar-refractivity contribution in [3.05, 3.63) is 30.3 Å². The largest absolute Gasteiger partial charge is 0.429 e. The van der Waals surface area contributed by atoms with E-state index in [1.54, 1.807) is 30.3 Å². The molecular weight excluding hydrogens is 256 g/mol. The molecule has 7 heteroatoms. The number of para-hydroxylation sites is 1. The van der Waals surface area contributed by atoms with Crippen molar-refractivity contribution in [2.45, 2.75) is 12.8 Å². The molecule has 1 aliphatic heterocycles. The zero-order chi connectivity index (χ0) is 13.1. The minimum Gasteiger partial charge on any atom is -0.429 e. The molecule has 2 amide bonds. The molecule has 0 spiro atoms. The third-order valence-corrected chi connectivity index (χ3v) is 2.57. The molecule has 18 heavy (non-hydrogen) atoms. The quantitative estimate of drug-likeness (QED) is 0.491. The number of carbonyl (C=O) groups is 2. The highest BCUT2D eigenvalue weighted by molar-refractivity contribution is 7.80. The first-order chi connectivity index (χ1) is 8.59.